The maximum Gasteiger partial charge on any atom is 0.151 e. The first-order valence-corrected chi connectivity index (χ1v) is 10.9. The summed E-state index contributed by atoms with van der Waals surface area (Å²) in [5, 5.41) is 29.4. The Hall–Kier alpha value is -0.160. The fourth-order valence-corrected chi connectivity index (χ4v) is 3.26. The summed E-state index contributed by atoms with van der Waals surface area (Å²) in [6.07, 6.45) is 20.4. The number of unbranched alkanes of at least 4 members (excludes halogenated alkanes) is 15. The average molecular weight is 360 g/mol. The molecule has 25 heavy (non-hydrogen) atoms. The number of hydrogen-bond donors (Lipinski definition) is 4. The van der Waals surface area contributed by atoms with E-state index < -0.39 is 6.29 Å². The molecule has 0 rings (SSSR count). The zero-order valence-corrected chi connectivity index (χ0v) is 16.6. The minimum absolute atomic E-state index is 0.247. The lowest BCUT2D eigenvalue weighted by molar-refractivity contribution is -0.0466. The van der Waals surface area contributed by atoms with Crippen molar-refractivity contribution in [2.45, 2.75) is 115 Å². The van der Waals surface area contributed by atoms with E-state index in [1.165, 1.54) is 89.9 Å². The van der Waals surface area contributed by atoms with Gasteiger partial charge in [-0.15, -0.1) is 0 Å². The molecule has 0 aromatic rings. The van der Waals surface area contributed by atoms with Crippen molar-refractivity contribution in [2.24, 2.45) is 0 Å². The maximum atomic E-state index is 8.75. The summed E-state index contributed by atoms with van der Waals surface area (Å²) in [5.41, 5.74) is 0. The molecule has 0 aliphatic rings. The van der Waals surface area contributed by atoms with E-state index in [2.05, 4.69) is 5.32 Å². The molecule has 0 bridgehead atoms. The maximum absolute atomic E-state index is 8.75. The molecule has 0 unspecified atom stereocenters. The summed E-state index contributed by atoms with van der Waals surface area (Å²) >= 11 is 0. The Balaban J connectivity index is 2.96. The zero-order chi connectivity index (χ0) is 18.4. The molecule has 0 saturated heterocycles. The van der Waals surface area contributed by atoms with Crippen molar-refractivity contribution in [1.82, 2.24) is 5.32 Å². The largest absolute Gasteiger partial charge is 0.395 e. The van der Waals surface area contributed by atoms with Crippen molar-refractivity contribution < 1.29 is 15.3 Å². The summed E-state index contributed by atoms with van der Waals surface area (Å²) < 4.78 is 0. The lowest BCUT2D eigenvalue weighted by atomic mass is 10.0. The van der Waals surface area contributed by atoms with Gasteiger partial charge in [-0.2, -0.15) is 0 Å². The molecule has 152 valence electrons. The lowest BCUT2D eigenvalue weighted by Gasteiger charge is -2.05. The second-order valence-electron chi connectivity index (χ2n) is 7.40. The standard InChI is InChI=1S/C21H45NO3/c23-20-19-22-18-16-14-12-10-8-6-4-2-1-3-5-7-9-11-13-15-17-21(24)25/h21-25H,1-20H2. The van der Waals surface area contributed by atoms with E-state index in [1.54, 1.807) is 0 Å². The third-order valence-electron chi connectivity index (χ3n) is 4.85. The molecular weight excluding hydrogens is 314 g/mol. The minimum Gasteiger partial charge on any atom is -0.395 e. The Labute approximate surface area is 156 Å². The number of nitrogens with one attached hydrogen (secondary N) is 1. The third-order valence-corrected chi connectivity index (χ3v) is 4.85. The van der Waals surface area contributed by atoms with Gasteiger partial charge in [0.2, 0.25) is 0 Å². The Morgan fingerprint density at radius 3 is 1.20 bits per heavy atom. The predicted molar refractivity (Wildman–Crippen MR) is 107 cm³/mol. The van der Waals surface area contributed by atoms with Crippen LogP contribution in [-0.4, -0.2) is 41.3 Å². The van der Waals surface area contributed by atoms with Crippen LogP contribution in [0.15, 0.2) is 0 Å². The zero-order valence-electron chi connectivity index (χ0n) is 16.6. The smallest absolute Gasteiger partial charge is 0.151 e. The number of aliphatic hydroxyl groups excluding tert-OH is 2. The first kappa shape index (κ1) is 24.8. The van der Waals surface area contributed by atoms with Gasteiger partial charge in [-0.3, -0.25) is 0 Å². The summed E-state index contributed by atoms with van der Waals surface area (Å²) in [5.74, 6) is 0. The van der Waals surface area contributed by atoms with Crippen molar-refractivity contribution in [3.8, 4) is 0 Å². The van der Waals surface area contributed by atoms with Crippen LogP contribution in [0.4, 0.5) is 0 Å². The fraction of sp³-hybridized carbons (Fsp3) is 1.00. The van der Waals surface area contributed by atoms with Crippen LogP contribution in [0.2, 0.25) is 0 Å². The third kappa shape index (κ3) is 23.8. The Bertz CT molecular complexity index is 237. The quantitative estimate of drug-likeness (QED) is 0.180. The highest BCUT2D eigenvalue weighted by atomic mass is 16.5. The van der Waals surface area contributed by atoms with Gasteiger partial charge in [0, 0.05) is 6.54 Å². The van der Waals surface area contributed by atoms with E-state index in [9.17, 15) is 0 Å². The highest BCUT2D eigenvalue weighted by molar-refractivity contribution is 4.51. The fourth-order valence-electron chi connectivity index (χ4n) is 3.26. The van der Waals surface area contributed by atoms with Crippen LogP contribution in [0.25, 0.3) is 0 Å². The molecule has 0 saturated carbocycles. The molecule has 0 amide bonds. The van der Waals surface area contributed by atoms with Gasteiger partial charge in [-0.25, -0.2) is 0 Å². The molecule has 4 nitrogen and oxygen atoms in total. The van der Waals surface area contributed by atoms with E-state index in [-0.39, 0.29) is 6.61 Å². The van der Waals surface area contributed by atoms with Crippen molar-refractivity contribution in [3.05, 3.63) is 0 Å². The predicted octanol–water partition coefficient (Wildman–Crippen LogP) is 4.51. The number of hydrogen-bond acceptors (Lipinski definition) is 4. The molecule has 0 atom stereocenters. The summed E-state index contributed by atoms with van der Waals surface area (Å²) in [6.45, 7) is 2.03. The van der Waals surface area contributed by atoms with Gasteiger partial charge in [0.25, 0.3) is 0 Å². The van der Waals surface area contributed by atoms with Gasteiger partial charge >= 0.3 is 0 Å². The second-order valence-corrected chi connectivity index (χ2v) is 7.40. The van der Waals surface area contributed by atoms with Gasteiger partial charge < -0.3 is 20.6 Å². The highest BCUT2D eigenvalue weighted by Crippen LogP contribution is 2.14. The van der Waals surface area contributed by atoms with Crippen LogP contribution >= 0.6 is 0 Å². The van der Waals surface area contributed by atoms with Gasteiger partial charge in [-0.1, -0.05) is 89.9 Å². The summed E-state index contributed by atoms with van der Waals surface area (Å²) in [7, 11) is 0. The van der Waals surface area contributed by atoms with E-state index in [4.69, 9.17) is 15.3 Å². The van der Waals surface area contributed by atoms with Crippen LogP contribution < -0.4 is 5.32 Å². The van der Waals surface area contributed by atoms with Gasteiger partial charge in [0.15, 0.2) is 6.29 Å². The Morgan fingerprint density at radius 1 is 0.480 bits per heavy atom. The van der Waals surface area contributed by atoms with E-state index in [0.717, 1.165) is 25.9 Å². The molecule has 4 N–H and O–H groups in total. The van der Waals surface area contributed by atoms with Crippen LogP contribution in [0.1, 0.15) is 109 Å². The number of aliphatic hydroxyl groups is 3. The molecule has 0 aliphatic heterocycles. The van der Waals surface area contributed by atoms with Crippen molar-refractivity contribution in [1.29, 1.82) is 0 Å². The van der Waals surface area contributed by atoms with Crippen molar-refractivity contribution >= 4 is 0 Å². The van der Waals surface area contributed by atoms with E-state index in [0.29, 0.717) is 6.42 Å². The van der Waals surface area contributed by atoms with Crippen LogP contribution in [0.3, 0.4) is 0 Å². The second kappa shape index (κ2) is 21.9. The van der Waals surface area contributed by atoms with Crippen molar-refractivity contribution in [2.75, 3.05) is 19.7 Å². The SMILES string of the molecule is OCCNCCCCCCCCCCCCCCCCCCC(O)O. The molecule has 0 aliphatic carbocycles. The molecule has 0 spiro atoms. The molecule has 4 heteroatoms. The van der Waals surface area contributed by atoms with Gasteiger partial charge in [-0.05, 0) is 25.8 Å². The van der Waals surface area contributed by atoms with E-state index in [1.807, 2.05) is 0 Å². The van der Waals surface area contributed by atoms with Gasteiger partial charge in [0.1, 0.15) is 0 Å². The van der Waals surface area contributed by atoms with Crippen LogP contribution in [-0.2, 0) is 0 Å². The molecule has 0 aromatic carbocycles. The summed E-state index contributed by atoms with van der Waals surface area (Å²) in [4.78, 5) is 0. The van der Waals surface area contributed by atoms with Crippen LogP contribution in [0.5, 0.6) is 0 Å². The minimum atomic E-state index is -1.11. The molecule has 0 radical (unpaired) electrons. The Morgan fingerprint density at radius 2 is 0.840 bits per heavy atom. The van der Waals surface area contributed by atoms with E-state index >= 15 is 0 Å². The van der Waals surface area contributed by atoms with Crippen LogP contribution in [0, 0.1) is 0 Å². The van der Waals surface area contributed by atoms with Gasteiger partial charge in [0.05, 0.1) is 6.61 Å². The molecule has 0 fully saturated rings. The normalized spacial score (nSPS) is 11.5. The molecular formula is C21H45NO3. The first-order valence-electron chi connectivity index (χ1n) is 10.9. The number of rotatable bonds is 21. The average Bonchev–Trinajstić information content (AvgIpc) is 2.60. The lowest BCUT2D eigenvalue weighted by Crippen LogP contribution is -2.19. The molecule has 0 aromatic heterocycles. The topological polar surface area (TPSA) is 72.7 Å². The first-order chi connectivity index (χ1) is 12.3. The Kier molecular flexibility index (Phi) is 21.7. The monoisotopic (exact) mass is 359 g/mol. The summed E-state index contributed by atoms with van der Waals surface area (Å²) in [6, 6.07) is 0. The van der Waals surface area contributed by atoms with Crippen molar-refractivity contribution in [3.63, 3.8) is 0 Å². The highest BCUT2D eigenvalue weighted by Gasteiger charge is 1.97. The molecule has 0 heterocycles.